The van der Waals surface area contributed by atoms with E-state index in [1.807, 2.05) is 6.07 Å². The van der Waals surface area contributed by atoms with Crippen LogP contribution in [0.2, 0.25) is 0 Å². The van der Waals surface area contributed by atoms with Crippen LogP contribution >= 0.6 is 15.9 Å². The Morgan fingerprint density at radius 2 is 2.18 bits per heavy atom. The number of aromatic nitrogens is 2. The van der Waals surface area contributed by atoms with Gasteiger partial charge in [-0.1, -0.05) is 13.3 Å². The number of hydrogen-bond donors (Lipinski definition) is 1. The van der Waals surface area contributed by atoms with Crippen LogP contribution in [0.5, 0.6) is 0 Å². The molecule has 3 rings (SSSR count). The van der Waals surface area contributed by atoms with Gasteiger partial charge in [0.15, 0.2) is 0 Å². The molecule has 2 fully saturated rings. The largest absolute Gasteiger partial charge is 0.369 e. The monoisotopic (exact) mass is 295 g/mol. The summed E-state index contributed by atoms with van der Waals surface area (Å²) in [5, 5.41) is 3.47. The lowest BCUT2D eigenvalue weighted by Crippen LogP contribution is -2.33. The minimum Gasteiger partial charge on any atom is -0.369 e. The van der Waals surface area contributed by atoms with E-state index in [-0.39, 0.29) is 0 Å². The Bertz CT molecular complexity index is 425. The minimum absolute atomic E-state index is 0.483. The summed E-state index contributed by atoms with van der Waals surface area (Å²) in [5.74, 6) is 2.58. The maximum atomic E-state index is 4.60. The van der Waals surface area contributed by atoms with Gasteiger partial charge in [-0.2, -0.15) is 0 Å². The fourth-order valence-corrected chi connectivity index (χ4v) is 2.71. The first-order valence-corrected chi connectivity index (χ1v) is 7.22. The summed E-state index contributed by atoms with van der Waals surface area (Å²) in [4.78, 5) is 9.04. The van der Waals surface area contributed by atoms with Crippen LogP contribution in [0.15, 0.2) is 10.7 Å². The van der Waals surface area contributed by atoms with Crippen LogP contribution in [0, 0.1) is 5.41 Å². The van der Waals surface area contributed by atoms with Crippen LogP contribution in [0.1, 0.15) is 50.8 Å². The second-order valence-corrected chi connectivity index (χ2v) is 6.54. The van der Waals surface area contributed by atoms with Gasteiger partial charge in [0.1, 0.15) is 16.2 Å². The van der Waals surface area contributed by atoms with Gasteiger partial charge in [-0.05, 0) is 47.0 Å². The topological polar surface area (TPSA) is 37.8 Å². The molecule has 0 bridgehead atoms. The third-order valence-corrected chi connectivity index (χ3v) is 4.32. The van der Waals surface area contributed by atoms with Crippen LogP contribution in [-0.4, -0.2) is 16.5 Å². The average molecular weight is 296 g/mol. The van der Waals surface area contributed by atoms with Gasteiger partial charge in [-0.3, -0.25) is 0 Å². The van der Waals surface area contributed by atoms with Crippen molar-refractivity contribution in [3.05, 3.63) is 16.5 Å². The Morgan fingerprint density at radius 3 is 2.76 bits per heavy atom. The summed E-state index contributed by atoms with van der Waals surface area (Å²) < 4.78 is 0.899. The summed E-state index contributed by atoms with van der Waals surface area (Å²) in [6.07, 6.45) is 6.53. The predicted octanol–water partition coefficient (Wildman–Crippen LogP) is 3.72. The number of hydrogen-bond acceptors (Lipinski definition) is 3. The Labute approximate surface area is 111 Å². The molecule has 3 nitrogen and oxygen atoms in total. The molecule has 1 aromatic rings. The molecule has 4 heteroatoms. The molecule has 0 unspecified atom stereocenters. The zero-order valence-corrected chi connectivity index (χ0v) is 11.8. The lowest BCUT2D eigenvalue weighted by molar-refractivity contribution is 0.180. The number of halogens is 1. The van der Waals surface area contributed by atoms with Gasteiger partial charge in [0.25, 0.3) is 0 Å². The first-order chi connectivity index (χ1) is 8.15. The second-order valence-electron chi connectivity index (χ2n) is 5.73. The highest BCUT2D eigenvalue weighted by molar-refractivity contribution is 9.10. The summed E-state index contributed by atoms with van der Waals surface area (Å²) in [7, 11) is 0. The molecule has 0 spiro atoms. The van der Waals surface area contributed by atoms with Gasteiger partial charge in [-0.25, -0.2) is 9.97 Å². The molecule has 2 aliphatic carbocycles. The molecule has 0 aromatic carbocycles. The Morgan fingerprint density at radius 1 is 1.41 bits per heavy atom. The van der Waals surface area contributed by atoms with Crippen LogP contribution in [0.4, 0.5) is 5.82 Å². The standard InChI is InChI=1S/C13H18BrN3/c1-13(5-2-6-13)8-15-11-7-10(14)16-12(17-11)9-3-4-9/h7,9H,2-6,8H2,1H3,(H,15,16,17). The fourth-order valence-electron chi connectivity index (χ4n) is 2.31. The molecule has 92 valence electrons. The van der Waals surface area contributed by atoms with Gasteiger partial charge < -0.3 is 5.32 Å². The second kappa shape index (κ2) is 4.23. The van der Waals surface area contributed by atoms with Crippen molar-refractivity contribution < 1.29 is 0 Å². The number of nitrogens with one attached hydrogen (secondary N) is 1. The highest BCUT2D eigenvalue weighted by Gasteiger charge is 2.32. The third kappa shape index (κ3) is 2.62. The van der Waals surface area contributed by atoms with Crippen molar-refractivity contribution in [2.24, 2.45) is 5.41 Å². The van der Waals surface area contributed by atoms with E-state index in [0.717, 1.165) is 22.8 Å². The van der Waals surface area contributed by atoms with E-state index in [1.165, 1.54) is 32.1 Å². The first kappa shape index (κ1) is 11.5. The Kier molecular flexibility index (Phi) is 2.85. The van der Waals surface area contributed by atoms with E-state index < -0.39 is 0 Å². The van der Waals surface area contributed by atoms with Crippen molar-refractivity contribution >= 4 is 21.7 Å². The molecule has 0 atom stereocenters. The molecule has 0 saturated heterocycles. The quantitative estimate of drug-likeness (QED) is 0.861. The molecule has 0 radical (unpaired) electrons. The number of rotatable bonds is 4. The predicted molar refractivity (Wildman–Crippen MR) is 72.2 cm³/mol. The Hall–Kier alpha value is -0.640. The molecule has 17 heavy (non-hydrogen) atoms. The first-order valence-electron chi connectivity index (χ1n) is 6.43. The maximum absolute atomic E-state index is 4.60. The van der Waals surface area contributed by atoms with Crippen LogP contribution in [0.3, 0.4) is 0 Å². The van der Waals surface area contributed by atoms with Gasteiger partial charge in [0, 0.05) is 18.5 Å². The number of anilines is 1. The summed E-state index contributed by atoms with van der Waals surface area (Å²) >= 11 is 3.47. The molecular formula is C13H18BrN3. The summed E-state index contributed by atoms with van der Waals surface area (Å²) in [6, 6.07) is 1.98. The molecule has 1 aromatic heterocycles. The zero-order chi connectivity index (χ0) is 11.9. The van der Waals surface area contributed by atoms with E-state index in [0.29, 0.717) is 11.3 Å². The van der Waals surface area contributed by atoms with E-state index in [1.54, 1.807) is 0 Å². The smallest absolute Gasteiger partial charge is 0.135 e. The SMILES string of the molecule is CC1(CNc2cc(Br)nc(C3CC3)n2)CCC1. The third-order valence-electron chi connectivity index (χ3n) is 3.91. The molecule has 2 aliphatic rings. The maximum Gasteiger partial charge on any atom is 0.135 e. The Balaban J connectivity index is 1.69. The normalized spacial score (nSPS) is 22.0. The van der Waals surface area contributed by atoms with Gasteiger partial charge in [-0.15, -0.1) is 0 Å². The van der Waals surface area contributed by atoms with E-state index >= 15 is 0 Å². The van der Waals surface area contributed by atoms with E-state index in [2.05, 4.69) is 38.1 Å². The lowest BCUT2D eigenvalue weighted by Gasteiger charge is -2.38. The molecule has 2 saturated carbocycles. The van der Waals surface area contributed by atoms with Gasteiger partial charge in [0.2, 0.25) is 0 Å². The molecule has 0 aliphatic heterocycles. The number of nitrogens with zero attached hydrogens (tertiary/aromatic N) is 2. The minimum atomic E-state index is 0.483. The van der Waals surface area contributed by atoms with Crippen LogP contribution < -0.4 is 5.32 Å². The lowest BCUT2D eigenvalue weighted by atomic mass is 9.70. The average Bonchev–Trinajstić information content (AvgIpc) is 3.06. The van der Waals surface area contributed by atoms with Crippen LogP contribution in [0.25, 0.3) is 0 Å². The highest BCUT2D eigenvalue weighted by atomic mass is 79.9. The molecule has 0 amide bonds. The summed E-state index contributed by atoms with van der Waals surface area (Å²) in [6.45, 7) is 3.38. The molecule has 1 heterocycles. The van der Waals surface area contributed by atoms with Crippen molar-refractivity contribution in [3.63, 3.8) is 0 Å². The zero-order valence-electron chi connectivity index (χ0n) is 10.2. The van der Waals surface area contributed by atoms with E-state index in [9.17, 15) is 0 Å². The highest BCUT2D eigenvalue weighted by Crippen LogP contribution is 2.41. The van der Waals surface area contributed by atoms with Crippen molar-refractivity contribution in [3.8, 4) is 0 Å². The fraction of sp³-hybridized carbons (Fsp3) is 0.692. The van der Waals surface area contributed by atoms with Crippen molar-refractivity contribution in [1.82, 2.24) is 9.97 Å². The van der Waals surface area contributed by atoms with Crippen molar-refractivity contribution in [2.45, 2.75) is 44.9 Å². The van der Waals surface area contributed by atoms with Crippen molar-refractivity contribution in [1.29, 1.82) is 0 Å². The van der Waals surface area contributed by atoms with Gasteiger partial charge >= 0.3 is 0 Å². The summed E-state index contributed by atoms with van der Waals surface area (Å²) in [5.41, 5.74) is 0.483. The van der Waals surface area contributed by atoms with E-state index in [4.69, 9.17) is 0 Å². The van der Waals surface area contributed by atoms with Crippen molar-refractivity contribution in [2.75, 3.05) is 11.9 Å². The molecular weight excluding hydrogens is 278 g/mol. The molecule has 1 N–H and O–H groups in total. The van der Waals surface area contributed by atoms with Crippen LogP contribution in [-0.2, 0) is 0 Å². The van der Waals surface area contributed by atoms with Gasteiger partial charge in [0.05, 0.1) is 0 Å².